The summed E-state index contributed by atoms with van der Waals surface area (Å²) < 4.78 is 5.31. The van der Waals surface area contributed by atoms with Crippen molar-refractivity contribution in [2.24, 2.45) is 5.92 Å². The molecule has 1 aromatic heterocycles. The lowest BCUT2D eigenvalue weighted by molar-refractivity contribution is -0.125. The summed E-state index contributed by atoms with van der Waals surface area (Å²) in [7, 11) is 1.66. The average molecular weight is 340 g/mol. The molecule has 1 atom stereocenters. The third-order valence-corrected chi connectivity index (χ3v) is 5.08. The van der Waals surface area contributed by atoms with E-state index in [1.54, 1.807) is 7.11 Å². The van der Waals surface area contributed by atoms with Crippen molar-refractivity contribution < 1.29 is 9.53 Å². The highest BCUT2D eigenvalue weighted by Crippen LogP contribution is 2.27. The summed E-state index contributed by atoms with van der Waals surface area (Å²) in [6.45, 7) is 3.58. The second kappa shape index (κ2) is 6.50. The maximum Gasteiger partial charge on any atom is 0.226 e. The Morgan fingerprint density at radius 1 is 1.28 bits per heavy atom. The minimum atomic E-state index is 0.0271. The minimum absolute atomic E-state index is 0.0271. The van der Waals surface area contributed by atoms with Gasteiger partial charge in [-0.3, -0.25) is 4.79 Å². The van der Waals surface area contributed by atoms with Crippen LogP contribution >= 0.6 is 0 Å². The molecule has 1 amide bonds. The Labute approximate surface area is 147 Å². The second-order valence-electron chi connectivity index (χ2n) is 7.06. The lowest BCUT2D eigenvalue weighted by atomic mass is 9.97. The standard InChI is InChI=1S/C19H24N4O2/c1-12-16-8-7-15(25-2)10-17(16)22-19(20-12)23-9-3-4-13(11-23)18(24)21-14-5-6-14/h7-8,10,13-14H,3-6,9,11H2,1-2H3,(H,21,24)/t13-/m1/s1. The highest BCUT2D eigenvalue weighted by atomic mass is 16.5. The third kappa shape index (κ3) is 3.38. The number of benzene rings is 1. The molecule has 1 aliphatic carbocycles. The number of aromatic nitrogens is 2. The van der Waals surface area contributed by atoms with Gasteiger partial charge >= 0.3 is 0 Å². The summed E-state index contributed by atoms with van der Waals surface area (Å²) in [5, 5.41) is 4.16. The van der Waals surface area contributed by atoms with Crippen LogP contribution < -0.4 is 15.0 Å². The van der Waals surface area contributed by atoms with Crippen molar-refractivity contribution in [2.75, 3.05) is 25.1 Å². The van der Waals surface area contributed by atoms with E-state index in [1.807, 2.05) is 25.1 Å². The molecule has 2 fully saturated rings. The minimum Gasteiger partial charge on any atom is -0.497 e. The Morgan fingerprint density at radius 3 is 2.88 bits per heavy atom. The van der Waals surface area contributed by atoms with E-state index in [4.69, 9.17) is 9.72 Å². The van der Waals surface area contributed by atoms with Gasteiger partial charge < -0.3 is 15.0 Å². The zero-order valence-corrected chi connectivity index (χ0v) is 14.8. The van der Waals surface area contributed by atoms with Gasteiger partial charge in [-0.2, -0.15) is 0 Å². The number of aryl methyl sites for hydroxylation is 1. The molecule has 2 heterocycles. The number of hydrogen-bond donors (Lipinski definition) is 1. The number of nitrogens with one attached hydrogen (secondary N) is 1. The first kappa shape index (κ1) is 16.1. The summed E-state index contributed by atoms with van der Waals surface area (Å²) in [6, 6.07) is 6.27. The first-order chi connectivity index (χ1) is 12.1. The number of methoxy groups -OCH3 is 1. The largest absolute Gasteiger partial charge is 0.497 e. The predicted molar refractivity (Wildman–Crippen MR) is 96.9 cm³/mol. The van der Waals surface area contributed by atoms with E-state index in [1.165, 1.54) is 0 Å². The molecule has 1 N–H and O–H groups in total. The van der Waals surface area contributed by atoms with E-state index in [2.05, 4.69) is 15.2 Å². The monoisotopic (exact) mass is 340 g/mol. The van der Waals surface area contributed by atoms with Crippen LogP contribution in [0.25, 0.3) is 10.9 Å². The molecule has 25 heavy (non-hydrogen) atoms. The Bertz CT molecular complexity index is 803. The van der Waals surface area contributed by atoms with Gasteiger partial charge in [-0.15, -0.1) is 0 Å². The predicted octanol–water partition coefficient (Wildman–Crippen LogP) is 2.44. The van der Waals surface area contributed by atoms with Gasteiger partial charge in [0.1, 0.15) is 5.75 Å². The lowest BCUT2D eigenvalue weighted by Gasteiger charge is -2.32. The zero-order valence-electron chi connectivity index (χ0n) is 14.8. The van der Waals surface area contributed by atoms with Crippen LogP contribution in [0.4, 0.5) is 5.95 Å². The van der Waals surface area contributed by atoms with E-state index in [0.29, 0.717) is 18.5 Å². The summed E-state index contributed by atoms with van der Waals surface area (Å²) in [6.07, 6.45) is 4.17. The van der Waals surface area contributed by atoms with Gasteiger partial charge in [0.05, 0.1) is 24.2 Å². The Morgan fingerprint density at radius 2 is 2.12 bits per heavy atom. The molecule has 0 bridgehead atoms. The van der Waals surface area contributed by atoms with Gasteiger partial charge in [0.25, 0.3) is 0 Å². The summed E-state index contributed by atoms with van der Waals surface area (Å²) in [5.74, 6) is 1.71. The summed E-state index contributed by atoms with van der Waals surface area (Å²) in [4.78, 5) is 24.0. The van der Waals surface area contributed by atoms with Crippen molar-refractivity contribution in [1.82, 2.24) is 15.3 Å². The highest BCUT2D eigenvalue weighted by molar-refractivity contribution is 5.83. The molecule has 1 saturated carbocycles. The molecule has 0 radical (unpaired) electrons. The molecule has 2 aliphatic rings. The average Bonchev–Trinajstić information content (AvgIpc) is 3.45. The zero-order chi connectivity index (χ0) is 17.4. The van der Waals surface area contributed by atoms with Crippen LogP contribution in [0.5, 0.6) is 5.75 Å². The first-order valence-corrected chi connectivity index (χ1v) is 9.02. The Balaban J connectivity index is 1.58. The molecule has 2 aromatic rings. The number of amides is 1. The van der Waals surface area contributed by atoms with E-state index >= 15 is 0 Å². The number of fused-ring (bicyclic) bond motifs is 1. The SMILES string of the molecule is COc1ccc2c(C)nc(N3CCC[C@@H](C(=O)NC4CC4)C3)nc2c1. The number of anilines is 1. The molecule has 1 aliphatic heterocycles. The lowest BCUT2D eigenvalue weighted by Crippen LogP contribution is -2.44. The van der Waals surface area contributed by atoms with Crippen molar-refractivity contribution in [2.45, 2.75) is 38.6 Å². The highest BCUT2D eigenvalue weighted by Gasteiger charge is 2.31. The van der Waals surface area contributed by atoms with Crippen molar-refractivity contribution in [3.05, 3.63) is 23.9 Å². The van der Waals surface area contributed by atoms with Crippen LogP contribution in [-0.4, -0.2) is 42.1 Å². The van der Waals surface area contributed by atoms with Crippen LogP contribution in [0.2, 0.25) is 0 Å². The number of nitrogens with zero attached hydrogens (tertiary/aromatic N) is 3. The molecular weight excluding hydrogens is 316 g/mol. The fourth-order valence-corrected chi connectivity index (χ4v) is 3.44. The van der Waals surface area contributed by atoms with Gasteiger partial charge in [0, 0.05) is 30.6 Å². The van der Waals surface area contributed by atoms with Crippen LogP contribution in [-0.2, 0) is 4.79 Å². The van der Waals surface area contributed by atoms with Gasteiger partial charge in [0.15, 0.2) is 0 Å². The number of rotatable bonds is 4. The second-order valence-corrected chi connectivity index (χ2v) is 7.06. The maximum atomic E-state index is 12.4. The van der Waals surface area contributed by atoms with Crippen LogP contribution in [0, 0.1) is 12.8 Å². The molecule has 1 saturated heterocycles. The number of ether oxygens (including phenoxy) is 1. The van der Waals surface area contributed by atoms with Gasteiger partial charge in [-0.1, -0.05) is 0 Å². The molecule has 4 rings (SSSR count). The summed E-state index contributed by atoms with van der Waals surface area (Å²) in [5.41, 5.74) is 1.83. The van der Waals surface area contributed by atoms with Crippen molar-refractivity contribution in [1.29, 1.82) is 0 Å². The molecule has 0 spiro atoms. The topological polar surface area (TPSA) is 67.3 Å². The van der Waals surface area contributed by atoms with Gasteiger partial charge in [-0.25, -0.2) is 9.97 Å². The number of piperidine rings is 1. The van der Waals surface area contributed by atoms with E-state index in [0.717, 1.165) is 54.6 Å². The number of hydrogen-bond acceptors (Lipinski definition) is 5. The molecular formula is C19H24N4O2. The molecule has 6 heteroatoms. The van der Waals surface area contributed by atoms with Crippen LogP contribution in [0.3, 0.4) is 0 Å². The number of carbonyl (C=O) groups is 1. The van der Waals surface area contributed by atoms with Gasteiger partial charge in [0.2, 0.25) is 11.9 Å². The van der Waals surface area contributed by atoms with E-state index in [9.17, 15) is 4.79 Å². The molecule has 0 unspecified atom stereocenters. The van der Waals surface area contributed by atoms with Crippen LogP contribution in [0.15, 0.2) is 18.2 Å². The van der Waals surface area contributed by atoms with E-state index in [-0.39, 0.29) is 11.8 Å². The molecule has 6 nitrogen and oxygen atoms in total. The molecule has 132 valence electrons. The van der Waals surface area contributed by atoms with Crippen LogP contribution in [0.1, 0.15) is 31.4 Å². The summed E-state index contributed by atoms with van der Waals surface area (Å²) >= 11 is 0. The van der Waals surface area contributed by atoms with Gasteiger partial charge in [-0.05, 0) is 44.7 Å². The first-order valence-electron chi connectivity index (χ1n) is 9.02. The molecule has 1 aromatic carbocycles. The third-order valence-electron chi connectivity index (χ3n) is 5.08. The van der Waals surface area contributed by atoms with E-state index < -0.39 is 0 Å². The fraction of sp³-hybridized carbons (Fsp3) is 0.526. The van der Waals surface area contributed by atoms with Crippen molar-refractivity contribution in [3.63, 3.8) is 0 Å². The fourth-order valence-electron chi connectivity index (χ4n) is 3.44. The Kier molecular flexibility index (Phi) is 4.19. The Hall–Kier alpha value is -2.37. The maximum absolute atomic E-state index is 12.4. The normalized spacial score (nSPS) is 20.6. The number of carbonyl (C=O) groups excluding carboxylic acids is 1. The smallest absolute Gasteiger partial charge is 0.226 e. The van der Waals surface area contributed by atoms with Crippen molar-refractivity contribution >= 4 is 22.8 Å². The van der Waals surface area contributed by atoms with Crippen molar-refractivity contribution in [3.8, 4) is 5.75 Å². The quantitative estimate of drug-likeness (QED) is 0.926.